The van der Waals surface area contributed by atoms with Crippen LogP contribution >= 0.6 is 0 Å². The highest BCUT2D eigenvalue weighted by molar-refractivity contribution is 6.03. The van der Waals surface area contributed by atoms with Gasteiger partial charge in [-0.1, -0.05) is 12.8 Å². The molecule has 0 radical (unpaired) electrons. The molecule has 1 aliphatic carbocycles. The molecule has 2 atom stereocenters. The van der Waals surface area contributed by atoms with Gasteiger partial charge in [-0.25, -0.2) is 13.5 Å². The maximum atomic E-state index is 13.5. The zero-order chi connectivity index (χ0) is 22.2. The number of alkyl halides is 2. The summed E-state index contributed by atoms with van der Waals surface area (Å²) in [6.45, 7) is 7.65. The topological polar surface area (TPSA) is 58.0 Å². The van der Waals surface area contributed by atoms with Crippen LogP contribution in [0, 0.1) is 25.7 Å². The molecule has 8 heteroatoms. The maximum absolute atomic E-state index is 13.5. The first-order valence-electron chi connectivity index (χ1n) is 11.0. The summed E-state index contributed by atoms with van der Waals surface area (Å²) >= 11 is 0. The second-order valence-corrected chi connectivity index (χ2v) is 9.04. The number of rotatable bonds is 6. The molecule has 31 heavy (non-hydrogen) atoms. The van der Waals surface area contributed by atoms with E-state index in [2.05, 4.69) is 40.2 Å². The van der Waals surface area contributed by atoms with Gasteiger partial charge in [0.25, 0.3) is 0 Å². The van der Waals surface area contributed by atoms with Gasteiger partial charge in [-0.05, 0) is 58.2 Å². The molecule has 3 aliphatic rings. The Bertz CT molecular complexity index is 941. The van der Waals surface area contributed by atoms with E-state index in [1.807, 2.05) is 31.6 Å². The number of likely N-dealkylation sites (N-methyl/N-ethyl adjacent to an activating group) is 1. The van der Waals surface area contributed by atoms with E-state index in [1.54, 1.807) is 0 Å². The molecule has 168 valence electrons. The van der Waals surface area contributed by atoms with Crippen molar-refractivity contribution in [2.75, 3.05) is 20.2 Å². The summed E-state index contributed by atoms with van der Waals surface area (Å²) in [6, 6.07) is 1.72. The molecule has 2 aliphatic heterocycles. The van der Waals surface area contributed by atoms with Crippen molar-refractivity contribution in [2.24, 2.45) is 4.99 Å². The third-order valence-corrected chi connectivity index (χ3v) is 6.35. The van der Waals surface area contributed by atoms with E-state index in [9.17, 15) is 8.78 Å². The highest BCUT2D eigenvalue weighted by Gasteiger charge is 2.44. The Balaban J connectivity index is 1.60. The van der Waals surface area contributed by atoms with Crippen LogP contribution in [-0.4, -0.2) is 64.3 Å². The molecule has 0 amide bonds. The number of epoxide rings is 1. The number of nitrogens with one attached hydrogen (secondary N) is 1. The molecule has 1 aromatic rings. The average Bonchev–Trinajstić information content (AvgIpc) is 3.44. The third kappa shape index (κ3) is 5.16. The van der Waals surface area contributed by atoms with Gasteiger partial charge in [0.1, 0.15) is 11.4 Å². The van der Waals surface area contributed by atoms with Crippen LogP contribution in [0.5, 0.6) is 0 Å². The van der Waals surface area contributed by atoms with Crippen molar-refractivity contribution in [1.29, 1.82) is 0 Å². The molecule has 4 rings (SSSR count). The van der Waals surface area contributed by atoms with Crippen molar-refractivity contribution >= 4 is 11.7 Å². The van der Waals surface area contributed by atoms with Gasteiger partial charge in [-0.15, -0.1) is 0 Å². The van der Waals surface area contributed by atoms with E-state index in [4.69, 9.17) is 9.73 Å². The normalized spacial score (nSPS) is 29.2. The Morgan fingerprint density at radius 1 is 1.35 bits per heavy atom. The number of hydrogen-bond acceptors (Lipinski definition) is 4. The molecule has 0 spiro atoms. The minimum Gasteiger partial charge on any atom is -0.368 e. The zero-order valence-electron chi connectivity index (χ0n) is 18.7. The SMILES string of the molecule is CC[C@@]1(CN(C)C2C#CC(=NC3CCC(F)(F)CC3)NC(n3nc(C)cc3C)=C2)CO1. The molecule has 2 fully saturated rings. The first kappa shape index (κ1) is 22.0. The molecule has 1 unspecified atom stereocenters. The van der Waals surface area contributed by atoms with Gasteiger partial charge in [0.2, 0.25) is 5.92 Å². The second-order valence-electron chi connectivity index (χ2n) is 9.04. The molecule has 1 saturated carbocycles. The van der Waals surface area contributed by atoms with Gasteiger partial charge in [-0.2, -0.15) is 5.10 Å². The van der Waals surface area contributed by atoms with E-state index in [1.165, 1.54) is 0 Å². The first-order valence-corrected chi connectivity index (χ1v) is 11.0. The predicted octanol–water partition coefficient (Wildman–Crippen LogP) is 3.36. The first-order chi connectivity index (χ1) is 14.7. The molecule has 1 aromatic heterocycles. The number of aromatic nitrogens is 2. The molecule has 1 N–H and O–H groups in total. The Morgan fingerprint density at radius 2 is 2.06 bits per heavy atom. The Kier molecular flexibility index (Phi) is 5.93. The van der Waals surface area contributed by atoms with Crippen LogP contribution in [0.25, 0.3) is 5.82 Å². The summed E-state index contributed by atoms with van der Waals surface area (Å²) in [6.07, 6.45) is 3.52. The van der Waals surface area contributed by atoms with Gasteiger partial charge >= 0.3 is 0 Å². The number of aliphatic imine (C=N–C) groups is 1. The van der Waals surface area contributed by atoms with E-state index in [0.29, 0.717) is 18.7 Å². The fourth-order valence-electron chi connectivity index (χ4n) is 4.22. The highest BCUT2D eigenvalue weighted by Crippen LogP contribution is 2.34. The van der Waals surface area contributed by atoms with Gasteiger partial charge in [0.15, 0.2) is 5.84 Å². The minimum absolute atomic E-state index is 0.0768. The van der Waals surface area contributed by atoms with Crippen LogP contribution in [0.3, 0.4) is 0 Å². The van der Waals surface area contributed by atoms with Crippen molar-refractivity contribution in [2.45, 2.75) is 76.5 Å². The lowest BCUT2D eigenvalue weighted by Gasteiger charge is -2.26. The summed E-state index contributed by atoms with van der Waals surface area (Å²) < 4.78 is 34.6. The molecule has 0 bridgehead atoms. The van der Waals surface area contributed by atoms with E-state index in [-0.39, 0.29) is 30.5 Å². The van der Waals surface area contributed by atoms with Crippen LogP contribution in [0.4, 0.5) is 8.78 Å². The lowest BCUT2D eigenvalue weighted by atomic mass is 9.93. The third-order valence-electron chi connectivity index (χ3n) is 6.35. The summed E-state index contributed by atoms with van der Waals surface area (Å²) in [5, 5.41) is 7.93. The molecule has 3 heterocycles. The average molecular weight is 432 g/mol. The lowest BCUT2D eigenvalue weighted by molar-refractivity contribution is -0.0373. The highest BCUT2D eigenvalue weighted by atomic mass is 19.3. The fraction of sp³-hybridized carbons (Fsp3) is 0.652. The van der Waals surface area contributed by atoms with Gasteiger partial charge in [-0.3, -0.25) is 9.89 Å². The van der Waals surface area contributed by atoms with Crippen LogP contribution in [0.1, 0.15) is 50.4 Å². The van der Waals surface area contributed by atoms with E-state index >= 15 is 0 Å². The summed E-state index contributed by atoms with van der Waals surface area (Å²) in [5.74, 6) is 5.17. The number of ether oxygens (including phenoxy) is 1. The maximum Gasteiger partial charge on any atom is 0.248 e. The lowest BCUT2D eigenvalue weighted by Crippen LogP contribution is -2.38. The Hall–Kier alpha value is -2.24. The van der Waals surface area contributed by atoms with Gasteiger partial charge in [0.05, 0.1) is 24.4 Å². The van der Waals surface area contributed by atoms with Crippen LogP contribution in [0.2, 0.25) is 0 Å². The Morgan fingerprint density at radius 3 is 2.65 bits per heavy atom. The monoisotopic (exact) mass is 431 g/mol. The predicted molar refractivity (Wildman–Crippen MR) is 117 cm³/mol. The van der Waals surface area contributed by atoms with Crippen molar-refractivity contribution in [3.8, 4) is 11.8 Å². The number of amidine groups is 1. The fourth-order valence-corrected chi connectivity index (χ4v) is 4.22. The number of nitrogens with zero attached hydrogens (tertiary/aromatic N) is 4. The summed E-state index contributed by atoms with van der Waals surface area (Å²) in [5.41, 5.74) is 1.83. The van der Waals surface area contributed by atoms with Gasteiger partial charge in [0, 0.05) is 25.1 Å². The van der Waals surface area contributed by atoms with Crippen molar-refractivity contribution in [3.05, 3.63) is 23.5 Å². The van der Waals surface area contributed by atoms with Crippen molar-refractivity contribution in [1.82, 2.24) is 20.0 Å². The van der Waals surface area contributed by atoms with E-state index in [0.717, 1.165) is 36.8 Å². The second kappa shape index (κ2) is 8.36. The smallest absolute Gasteiger partial charge is 0.248 e. The van der Waals surface area contributed by atoms with Crippen LogP contribution in [0.15, 0.2) is 17.1 Å². The van der Waals surface area contributed by atoms with Crippen LogP contribution < -0.4 is 5.32 Å². The van der Waals surface area contributed by atoms with Gasteiger partial charge < -0.3 is 10.1 Å². The van der Waals surface area contributed by atoms with Crippen molar-refractivity contribution in [3.63, 3.8) is 0 Å². The number of hydrogen-bond donors (Lipinski definition) is 1. The summed E-state index contributed by atoms with van der Waals surface area (Å²) in [7, 11) is 2.04. The molecule has 6 nitrogen and oxygen atoms in total. The minimum atomic E-state index is -2.57. The number of aryl methyl sites for hydroxylation is 2. The Labute approximate surface area is 182 Å². The van der Waals surface area contributed by atoms with E-state index < -0.39 is 5.92 Å². The molecular weight excluding hydrogens is 400 g/mol. The largest absolute Gasteiger partial charge is 0.368 e. The molecule has 0 aromatic carbocycles. The number of halogens is 2. The molecule has 1 saturated heterocycles. The summed E-state index contributed by atoms with van der Waals surface area (Å²) in [4.78, 5) is 6.88. The van der Waals surface area contributed by atoms with Crippen molar-refractivity contribution < 1.29 is 13.5 Å². The quantitative estimate of drug-likeness (QED) is 0.554. The van der Waals surface area contributed by atoms with Crippen LogP contribution in [-0.2, 0) is 4.74 Å². The molecular formula is C23H31F2N5O. The zero-order valence-corrected chi connectivity index (χ0v) is 18.7. The standard InChI is InChI=1S/C23H31F2N5O/c1-5-22(15-31-22)14-29(4)19-6-7-20(26-18-8-10-23(24,25)11-9-18)27-21(13-19)30-17(3)12-16(2)28-30/h12-13,18-19H,5,8-11,14-15H2,1-4H3,(H,26,27)/t19?,22-/m1/s1.